The Morgan fingerprint density at radius 3 is 0.759 bits per heavy atom. The highest BCUT2D eigenvalue weighted by atomic mass is 35.5. The van der Waals surface area contributed by atoms with Crippen molar-refractivity contribution >= 4 is 116 Å². The zero-order valence-electron chi connectivity index (χ0n) is 105. The fraction of sp³-hybridized carbons (Fsp3) is 0.176. The largest absolute Gasteiger partial charge is 0.434 e. The molecule has 10 heterocycles. The minimum Gasteiger partial charge on any atom is -0.434 e. The molecular weight excluding hydrogens is 2120 g/mol. The van der Waals surface area contributed by atoms with Crippen LogP contribution in [0.1, 0.15) is 202 Å². The fourth-order valence-corrected chi connectivity index (χ4v) is 13.0. The Kier molecular flexibility index (Phi) is 22.1. The summed E-state index contributed by atoms with van der Waals surface area (Å²) >= 11 is 61.8. The molecule has 0 fully saturated rings. The van der Waals surface area contributed by atoms with Crippen molar-refractivity contribution in [3.8, 4) is 117 Å². The van der Waals surface area contributed by atoms with E-state index in [2.05, 4.69) is 56.1 Å². The highest BCUT2D eigenvalue weighted by Gasteiger charge is 2.26. The Hall–Kier alpha value is -17.1. The standard InChI is InChI=1S/5C17H12Cl2N6O4/c5*1-7(2)9-5-13(22-23-15(9)26)29-14-10(18)3-8(4-11(14)19)25-17(28)21-16(27)12(6-20)24-25/h5*3-5,7H,1-2H3,(H,23,26)(H,21,27,28)/i1D3,2D3,3D,4D,7D;1D3,2D3,5D,7D;1D3,2D3,3D,4D;3D,4D,5D;1D3,2D3,5D. The van der Waals surface area contributed by atoms with Crippen LogP contribution < -0.4 is 108 Å². The van der Waals surface area contributed by atoms with Gasteiger partial charge in [0.25, 0.3) is 55.6 Å². The SMILES string of the molecule is [2H]c1c(Cl)c(Oc2cc(C(C([2H])([2H])[2H])C([2H])([2H])[2H])c(=O)[nH]n2)c(Cl)c([2H])c1-n1nc(C#N)c(=O)[nH]c1=O.[2H]c1c(Cl)c(Oc2cc(C([2H])(C([2H])([2H])[2H])C([2H])([2H])[2H])c(=O)[nH]n2)c(Cl)c([2H])c1-n1nc(C#N)c(=O)[nH]c1=O.[2H]c1c(Cl)c(Oc2n[nH]c(=O)c(C(C)C)c2[2H])c(Cl)c([2H])c1-n1nc(C#N)c(=O)[nH]c1=O.[2H]c1c(Oc2c(Cl)cc(-n3nc(C#N)c(=O)[nH]c3=O)cc2Cl)n[nH]c(=O)c1C(C([2H])([2H])[2H])C([2H])([2H])[2H].[2H]c1c(Oc2c(Cl)cc(-n3nc(C#N)c(=O)[nH]c3=O)cc2Cl)n[nH]c(=O)c1C([2H])(C([2H])([2H])[2H])C([2H])([2H])[2H]. The van der Waals surface area contributed by atoms with Crippen molar-refractivity contribution in [1.29, 1.82) is 26.3 Å². The van der Waals surface area contributed by atoms with Crippen LogP contribution in [0.2, 0.25) is 50.2 Å². The molecule has 0 amide bonds. The zero-order chi connectivity index (χ0) is 136. The molecular formula is C85H60Cl10N30O20. The molecule has 0 aliphatic carbocycles. The number of halogens is 10. The first-order chi connectivity index (χ1) is 82.8. The smallest absolute Gasteiger partial charge is 0.349 e. The van der Waals surface area contributed by atoms with Crippen molar-refractivity contribution in [2.75, 3.05) is 0 Å². The molecule has 15 aromatic rings. The van der Waals surface area contributed by atoms with Gasteiger partial charge in [0.15, 0.2) is 28.7 Å². The van der Waals surface area contributed by atoms with Crippen LogP contribution >= 0.6 is 116 Å². The zero-order valence-corrected chi connectivity index (χ0v) is 77.6. The van der Waals surface area contributed by atoms with E-state index >= 15 is 0 Å². The number of ether oxygens (including phenoxy) is 5. The van der Waals surface area contributed by atoms with Crippen LogP contribution in [0.15, 0.2) is 163 Å². The third kappa shape index (κ3) is 25.6. The molecule has 5 aromatic carbocycles. The Balaban J connectivity index is 0.000000209. The van der Waals surface area contributed by atoms with Gasteiger partial charge in [-0.2, -0.15) is 49.7 Å². The van der Waals surface area contributed by atoms with Crippen LogP contribution in [-0.2, 0) is 0 Å². The van der Waals surface area contributed by atoms with Crippen molar-refractivity contribution < 1.29 is 71.7 Å². The lowest BCUT2D eigenvalue weighted by Gasteiger charge is -2.12. The molecule has 10 aromatic heterocycles. The number of benzene rings is 5. The van der Waals surface area contributed by atoms with Gasteiger partial charge in [-0.1, -0.05) is 185 Å². The molecule has 50 nitrogen and oxygen atoms in total. The summed E-state index contributed by atoms with van der Waals surface area (Å²) < 4.78 is 301. The molecule has 0 saturated heterocycles. The monoisotopic (exact) mass is 2210 g/mol. The molecule has 0 unspecified atom stereocenters. The second kappa shape index (κ2) is 46.5. The number of nitrogens with one attached hydrogen (secondary N) is 10. The Labute approximate surface area is 903 Å². The van der Waals surface area contributed by atoms with Crippen LogP contribution in [0.4, 0.5) is 0 Å². The van der Waals surface area contributed by atoms with Crippen molar-refractivity contribution in [1.82, 2.24) is 125 Å². The van der Waals surface area contributed by atoms with E-state index < -0.39 is 355 Å². The Morgan fingerprint density at radius 1 is 0.276 bits per heavy atom. The minimum absolute atomic E-state index is 0.0871. The van der Waals surface area contributed by atoms with Gasteiger partial charge in [0.05, 0.1) is 91.0 Å². The molecule has 0 aliphatic rings. The highest BCUT2D eigenvalue weighted by molar-refractivity contribution is 6.40. The Morgan fingerprint density at radius 2 is 0.490 bits per heavy atom. The van der Waals surface area contributed by atoms with Gasteiger partial charge in [0.1, 0.15) is 30.3 Å². The van der Waals surface area contributed by atoms with E-state index in [9.17, 15) is 71.9 Å². The van der Waals surface area contributed by atoms with E-state index in [-0.39, 0.29) is 60.6 Å². The van der Waals surface area contributed by atoms with Gasteiger partial charge in [-0.05, 0) is 90.1 Å². The molecule has 60 heteroatoms. The third-order valence-electron chi connectivity index (χ3n) is 16.8. The second-order valence-electron chi connectivity index (χ2n) is 26.7. The first kappa shape index (κ1) is 68.9. The lowest BCUT2D eigenvalue weighted by atomic mass is 10.1. The molecule has 0 aliphatic heterocycles. The van der Waals surface area contributed by atoms with Gasteiger partial charge in [0, 0.05) is 93.7 Å². The van der Waals surface area contributed by atoms with Crippen molar-refractivity contribution in [2.24, 2.45) is 0 Å². The number of aromatic amines is 10. The first-order valence-corrected chi connectivity index (χ1v) is 41.1. The summed E-state index contributed by atoms with van der Waals surface area (Å²) in [6, 6.07) is 6.19. The van der Waals surface area contributed by atoms with E-state index in [1.165, 1.54) is 30.3 Å². The minimum atomic E-state index is -3.57. The molecule has 0 spiro atoms. The van der Waals surface area contributed by atoms with Crippen LogP contribution in [-0.4, -0.2) is 125 Å². The lowest BCUT2D eigenvalue weighted by Crippen LogP contribution is -2.33. The maximum atomic E-state index is 12.4. The molecule has 0 bridgehead atoms. The molecule has 0 atom stereocenters. The first-order valence-electron chi connectivity index (χ1n) is 54.8. The van der Waals surface area contributed by atoms with Crippen molar-refractivity contribution in [2.45, 2.75) is 98.2 Å². The van der Waals surface area contributed by atoms with E-state index in [1.54, 1.807) is 28.9 Å². The fourth-order valence-electron chi connectivity index (χ4n) is 10.4. The number of hydrogen-bond acceptors (Lipinski definition) is 35. The molecule has 145 heavy (non-hydrogen) atoms. The number of H-pyrrole nitrogens is 10. The summed E-state index contributed by atoms with van der Waals surface area (Å²) in [5.41, 5.74) is -25.9. The summed E-state index contributed by atoms with van der Waals surface area (Å²) in [7, 11) is 0. The van der Waals surface area contributed by atoms with E-state index in [0.29, 0.717) is 29.5 Å². The summed E-state index contributed by atoms with van der Waals surface area (Å²) in [6.45, 7) is -23.4. The predicted molar refractivity (Wildman–Crippen MR) is 521 cm³/mol. The number of rotatable bonds is 20. The summed E-state index contributed by atoms with van der Waals surface area (Å²) in [5.74, 6) is -17.5. The number of nitriles is 5. The average Bonchev–Trinajstić information content (AvgIpc) is 0.726. The van der Waals surface area contributed by atoms with Gasteiger partial charge in [-0.3, -0.25) is 72.9 Å². The predicted octanol–water partition coefficient (Wildman–Crippen LogP) is 10.5. The van der Waals surface area contributed by atoms with Gasteiger partial charge < -0.3 is 23.7 Å². The topological polar surface area (TPSA) is 733 Å². The second-order valence-corrected chi connectivity index (χ2v) is 30.6. The van der Waals surface area contributed by atoms with Gasteiger partial charge in [0.2, 0.25) is 57.9 Å². The normalized spacial score (nSPS) is 15.1. The van der Waals surface area contributed by atoms with Crippen LogP contribution in [0.5, 0.6) is 58.1 Å². The van der Waals surface area contributed by atoms with Crippen LogP contribution in [0.3, 0.4) is 0 Å². The molecule has 15 rings (SSSR count). The molecule has 740 valence electrons. The molecule has 0 radical (unpaired) electrons. The maximum absolute atomic E-state index is 12.4. The lowest BCUT2D eigenvalue weighted by molar-refractivity contribution is 0.452. The highest BCUT2D eigenvalue weighted by Crippen LogP contribution is 2.43. The number of aromatic nitrogens is 25. The molecule has 0 saturated carbocycles. The number of nitrogens with zero attached hydrogens (tertiary/aromatic N) is 20. The summed E-state index contributed by atoms with van der Waals surface area (Å²) in [4.78, 5) is 189. The van der Waals surface area contributed by atoms with Crippen LogP contribution in [0.25, 0.3) is 28.4 Å². The van der Waals surface area contributed by atoms with E-state index in [4.69, 9.17) is 214 Å². The van der Waals surface area contributed by atoms with Crippen molar-refractivity contribution in [3.05, 3.63) is 353 Å². The summed E-state index contributed by atoms with van der Waals surface area (Å²) in [6.07, 6.45) is 0. The van der Waals surface area contributed by atoms with E-state index in [0.717, 1.165) is 30.3 Å². The van der Waals surface area contributed by atoms with Crippen LogP contribution in [0, 0.1) is 56.7 Å². The molecule has 10 N–H and O–H groups in total. The van der Waals surface area contributed by atoms with Gasteiger partial charge >= 0.3 is 28.4 Å². The van der Waals surface area contributed by atoms with Gasteiger partial charge in [-0.15, -0.1) is 51.0 Å². The van der Waals surface area contributed by atoms with Crippen molar-refractivity contribution in [3.63, 3.8) is 0 Å². The van der Waals surface area contributed by atoms with Gasteiger partial charge in [-0.25, -0.2) is 49.5 Å². The third-order valence-corrected chi connectivity index (χ3v) is 19.5. The quantitative estimate of drug-likeness (QED) is 0.0339. The number of hydrogen-bond donors (Lipinski definition) is 10. The van der Waals surface area contributed by atoms with E-state index in [1.807, 2.05) is 30.2 Å². The average molecular weight is 2210 g/mol. The summed E-state index contributed by atoms with van der Waals surface area (Å²) in [5, 5.41) is 85.2. The Bertz CT molecular complexity index is 10500. The maximum Gasteiger partial charge on any atom is 0.349 e.